The van der Waals surface area contributed by atoms with Crippen LogP contribution in [0.25, 0.3) is 105 Å². The Morgan fingerprint density at radius 2 is 1.02 bits per heavy atom. The van der Waals surface area contributed by atoms with Crippen molar-refractivity contribution < 1.29 is 8.83 Å². The van der Waals surface area contributed by atoms with Gasteiger partial charge in [0.05, 0.1) is 0 Å². The molecule has 0 saturated carbocycles. The predicted molar refractivity (Wildman–Crippen MR) is 220 cm³/mol. The molecular formula is C49H31N3O2. The van der Waals surface area contributed by atoms with Crippen LogP contribution in [0, 0.1) is 0 Å². The van der Waals surface area contributed by atoms with E-state index in [1.165, 1.54) is 0 Å². The number of benzene rings is 7. The minimum absolute atomic E-state index is 0.606. The summed E-state index contributed by atoms with van der Waals surface area (Å²) in [5.41, 5.74) is 10.8. The number of aromatic nitrogens is 3. The van der Waals surface area contributed by atoms with Crippen molar-refractivity contribution >= 4 is 60.2 Å². The first-order chi connectivity index (χ1) is 26.7. The maximum atomic E-state index is 6.51. The van der Waals surface area contributed by atoms with Gasteiger partial charge in [-0.2, -0.15) is 0 Å². The SMILES string of the molecule is C1=CC(c2nc(-c3ccc4c(c3)oc3ccccc34)nc(-c3cccc4c(-c5cccc6oc7cc(-c8ccccc8)ccc7c56)cccc34)n2)=CCC1. The van der Waals surface area contributed by atoms with Crippen molar-refractivity contribution in [2.75, 3.05) is 0 Å². The average molecular weight is 694 g/mol. The molecule has 0 aliphatic heterocycles. The second-order valence-electron chi connectivity index (χ2n) is 13.8. The number of allylic oxidation sites excluding steroid dienone is 4. The molecule has 0 spiro atoms. The lowest BCUT2D eigenvalue weighted by Crippen LogP contribution is -2.03. The third kappa shape index (κ3) is 4.97. The van der Waals surface area contributed by atoms with E-state index in [-0.39, 0.29) is 0 Å². The van der Waals surface area contributed by atoms with Crippen LogP contribution >= 0.6 is 0 Å². The molecule has 1 aliphatic rings. The molecule has 0 unspecified atom stereocenters. The van der Waals surface area contributed by atoms with Gasteiger partial charge in [0.2, 0.25) is 0 Å². The van der Waals surface area contributed by atoms with Crippen molar-refractivity contribution in [3.8, 4) is 45.0 Å². The summed E-state index contributed by atoms with van der Waals surface area (Å²) in [6.07, 6.45) is 8.48. The summed E-state index contributed by atoms with van der Waals surface area (Å²) in [5.74, 6) is 1.89. The molecule has 0 saturated heterocycles. The first-order valence-corrected chi connectivity index (χ1v) is 18.3. The number of rotatable bonds is 5. The molecule has 11 rings (SSSR count). The topological polar surface area (TPSA) is 65.0 Å². The minimum atomic E-state index is 0.606. The largest absolute Gasteiger partial charge is 0.456 e. The lowest BCUT2D eigenvalue weighted by atomic mass is 9.92. The lowest BCUT2D eigenvalue weighted by Gasteiger charge is -2.14. The van der Waals surface area contributed by atoms with Crippen LogP contribution in [0.1, 0.15) is 18.7 Å². The summed E-state index contributed by atoms with van der Waals surface area (Å²) in [6.45, 7) is 0. The zero-order valence-corrected chi connectivity index (χ0v) is 29.2. The molecule has 3 heterocycles. The predicted octanol–water partition coefficient (Wildman–Crippen LogP) is 13.2. The summed E-state index contributed by atoms with van der Waals surface area (Å²) in [5, 5.41) is 6.54. The Morgan fingerprint density at radius 3 is 1.91 bits per heavy atom. The molecule has 1 aliphatic carbocycles. The monoisotopic (exact) mass is 693 g/mol. The third-order valence-electron chi connectivity index (χ3n) is 10.6. The van der Waals surface area contributed by atoms with Crippen molar-refractivity contribution in [3.05, 3.63) is 170 Å². The number of hydrogen-bond acceptors (Lipinski definition) is 5. The highest BCUT2D eigenvalue weighted by molar-refractivity contribution is 6.16. The van der Waals surface area contributed by atoms with Gasteiger partial charge in [-0.1, -0.05) is 127 Å². The van der Waals surface area contributed by atoms with E-state index >= 15 is 0 Å². The second kappa shape index (κ2) is 12.2. The smallest absolute Gasteiger partial charge is 0.164 e. The van der Waals surface area contributed by atoms with Crippen LogP contribution in [-0.2, 0) is 0 Å². The van der Waals surface area contributed by atoms with E-state index in [1.54, 1.807) is 0 Å². The Morgan fingerprint density at radius 1 is 0.389 bits per heavy atom. The Balaban J connectivity index is 1.08. The molecule has 0 radical (unpaired) electrons. The Kier molecular flexibility index (Phi) is 6.92. The van der Waals surface area contributed by atoms with Gasteiger partial charge in [-0.15, -0.1) is 0 Å². The first kappa shape index (κ1) is 30.5. The molecule has 5 nitrogen and oxygen atoms in total. The number of nitrogens with zero attached hydrogens (tertiary/aromatic N) is 3. The van der Waals surface area contributed by atoms with Crippen LogP contribution in [0.5, 0.6) is 0 Å². The van der Waals surface area contributed by atoms with E-state index in [0.29, 0.717) is 17.5 Å². The summed E-state index contributed by atoms with van der Waals surface area (Å²) in [4.78, 5) is 15.4. The molecule has 0 bridgehead atoms. The minimum Gasteiger partial charge on any atom is -0.456 e. The van der Waals surface area contributed by atoms with Crippen molar-refractivity contribution in [2.24, 2.45) is 0 Å². The van der Waals surface area contributed by atoms with Crippen LogP contribution in [0.2, 0.25) is 0 Å². The van der Waals surface area contributed by atoms with Gasteiger partial charge in [-0.3, -0.25) is 0 Å². The number of furan rings is 2. The standard InChI is InChI=1S/C49H31N3O2/c1-3-12-30(13-4-1)32-24-27-41-45(28-32)54-43-23-11-20-39(46(41)43)35-18-9-19-36-34(35)17-10-21-40(36)49-51-47(31-14-5-2-6-15-31)50-48(52-49)33-25-26-38-37-16-7-8-22-42(37)53-44(38)29-33/h1,3-5,7-29H,2,6H2. The molecule has 0 N–H and O–H groups in total. The Labute approximate surface area is 310 Å². The zero-order valence-electron chi connectivity index (χ0n) is 29.2. The van der Waals surface area contributed by atoms with Gasteiger partial charge in [0.25, 0.3) is 0 Å². The highest BCUT2D eigenvalue weighted by Gasteiger charge is 2.19. The molecule has 10 aromatic rings. The van der Waals surface area contributed by atoms with Crippen LogP contribution in [-0.4, -0.2) is 15.0 Å². The molecule has 0 atom stereocenters. The molecule has 0 amide bonds. The molecule has 5 heteroatoms. The van der Waals surface area contributed by atoms with Crippen LogP contribution in [0.15, 0.2) is 173 Å². The summed E-state index contributed by atoms with van der Waals surface area (Å²) in [6, 6.07) is 50.5. The van der Waals surface area contributed by atoms with Gasteiger partial charge >= 0.3 is 0 Å². The van der Waals surface area contributed by atoms with Crippen molar-refractivity contribution in [2.45, 2.75) is 12.8 Å². The van der Waals surface area contributed by atoms with Crippen molar-refractivity contribution in [3.63, 3.8) is 0 Å². The van der Waals surface area contributed by atoms with E-state index in [0.717, 1.165) is 106 Å². The van der Waals surface area contributed by atoms with Crippen LogP contribution in [0.4, 0.5) is 0 Å². The molecular weight excluding hydrogens is 663 g/mol. The normalized spacial score (nSPS) is 13.1. The maximum absolute atomic E-state index is 6.51. The van der Waals surface area contributed by atoms with E-state index < -0.39 is 0 Å². The summed E-state index contributed by atoms with van der Waals surface area (Å²) in [7, 11) is 0. The number of hydrogen-bond donors (Lipinski definition) is 0. The molecule has 54 heavy (non-hydrogen) atoms. The van der Waals surface area contributed by atoms with E-state index in [2.05, 4.69) is 133 Å². The Hall–Kier alpha value is -7.11. The quantitative estimate of drug-likeness (QED) is 0.179. The molecule has 0 fully saturated rings. The summed E-state index contributed by atoms with van der Waals surface area (Å²) < 4.78 is 12.8. The van der Waals surface area contributed by atoms with Gasteiger partial charge in [-0.25, -0.2) is 15.0 Å². The maximum Gasteiger partial charge on any atom is 0.164 e. The fourth-order valence-electron chi connectivity index (χ4n) is 8.00. The van der Waals surface area contributed by atoms with E-state index in [9.17, 15) is 0 Å². The van der Waals surface area contributed by atoms with Gasteiger partial charge in [-0.05, 0) is 82.3 Å². The fraction of sp³-hybridized carbons (Fsp3) is 0.0408. The lowest BCUT2D eigenvalue weighted by molar-refractivity contribution is 0.668. The first-order valence-electron chi connectivity index (χ1n) is 18.3. The van der Waals surface area contributed by atoms with Crippen LogP contribution in [0.3, 0.4) is 0 Å². The Bertz CT molecular complexity index is 3170. The van der Waals surface area contributed by atoms with Gasteiger partial charge in [0.1, 0.15) is 22.3 Å². The highest BCUT2D eigenvalue weighted by Crippen LogP contribution is 2.42. The average Bonchev–Trinajstić information content (AvgIpc) is 3.81. The van der Waals surface area contributed by atoms with E-state index in [1.807, 2.05) is 30.3 Å². The van der Waals surface area contributed by atoms with Gasteiger partial charge in [0, 0.05) is 38.2 Å². The number of para-hydroxylation sites is 1. The molecule has 7 aromatic carbocycles. The highest BCUT2D eigenvalue weighted by atomic mass is 16.3. The summed E-state index contributed by atoms with van der Waals surface area (Å²) >= 11 is 0. The third-order valence-corrected chi connectivity index (χ3v) is 10.6. The molecule has 3 aromatic heterocycles. The molecule has 254 valence electrons. The van der Waals surface area contributed by atoms with Gasteiger partial charge in [0.15, 0.2) is 17.5 Å². The van der Waals surface area contributed by atoms with Gasteiger partial charge < -0.3 is 8.83 Å². The zero-order chi connectivity index (χ0) is 35.6. The fourth-order valence-corrected chi connectivity index (χ4v) is 8.00. The van der Waals surface area contributed by atoms with E-state index in [4.69, 9.17) is 23.8 Å². The van der Waals surface area contributed by atoms with Crippen molar-refractivity contribution in [1.82, 2.24) is 15.0 Å². The number of fused-ring (bicyclic) bond motifs is 7. The van der Waals surface area contributed by atoms with Crippen molar-refractivity contribution in [1.29, 1.82) is 0 Å². The van der Waals surface area contributed by atoms with Crippen LogP contribution < -0.4 is 0 Å². The second-order valence-corrected chi connectivity index (χ2v) is 13.8.